The summed E-state index contributed by atoms with van der Waals surface area (Å²) in [5.41, 5.74) is 13.1. The fourth-order valence-corrected chi connectivity index (χ4v) is 4.82. The van der Waals surface area contributed by atoms with E-state index < -0.39 is 0 Å². The molecule has 131 valence electrons. The second-order valence-electron chi connectivity index (χ2n) is 7.55. The zero-order valence-electron chi connectivity index (χ0n) is 16.5. The van der Waals surface area contributed by atoms with Crippen LogP contribution in [0, 0.1) is 5.92 Å². The highest BCUT2D eigenvalue weighted by molar-refractivity contribution is 5.90. The topological polar surface area (TPSA) is 0 Å². The minimum Gasteiger partial charge on any atom is -0.0622 e. The van der Waals surface area contributed by atoms with Gasteiger partial charge in [0.25, 0.3) is 0 Å². The highest BCUT2D eigenvalue weighted by Crippen LogP contribution is 2.56. The Hall–Kier alpha value is -2.34. The molecule has 2 aliphatic carbocycles. The Morgan fingerprint density at radius 2 is 1.27 bits per heavy atom. The molecule has 0 spiro atoms. The van der Waals surface area contributed by atoms with E-state index in [0.29, 0.717) is 5.92 Å². The van der Waals surface area contributed by atoms with Crippen molar-refractivity contribution in [2.24, 2.45) is 0 Å². The average molecular weight is 340 g/mol. The number of benzene rings is 2. The van der Waals surface area contributed by atoms with Gasteiger partial charge in [0.15, 0.2) is 0 Å². The first-order chi connectivity index (χ1) is 12.6. The lowest BCUT2D eigenvalue weighted by Crippen LogP contribution is -2.12. The van der Waals surface area contributed by atoms with E-state index in [2.05, 4.69) is 89.2 Å². The predicted octanol–water partition coefficient (Wildman–Crippen LogP) is 7.26. The first-order valence-corrected chi connectivity index (χ1v) is 9.66. The van der Waals surface area contributed by atoms with Gasteiger partial charge in [-0.3, -0.25) is 0 Å². The van der Waals surface area contributed by atoms with Gasteiger partial charge in [-0.2, -0.15) is 0 Å². The first kappa shape index (κ1) is 17.1. The molecule has 4 rings (SSSR count). The summed E-state index contributed by atoms with van der Waals surface area (Å²) in [7, 11) is 0. The molecule has 26 heavy (non-hydrogen) atoms. The van der Waals surface area contributed by atoms with Gasteiger partial charge in [0.2, 0.25) is 0 Å². The monoisotopic (exact) mass is 339 g/mol. The minimum absolute atomic E-state index is 0.388. The fourth-order valence-electron chi connectivity index (χ4n) is 4.82. The molecule has 0 saturated heterocycles. The van der Waals surface area contributed by atoms with E-state index >= 15 is 0 Å². The van der Waals surface area contributed by atoms with Crippen LogP contribution >= 0.6 is 0 Å². The maximum Gasteiger partial charge on any atom is 0.0373 e. The van der Waals surface area contributed by atoms with Gasteiger partial charge >= 0.3 is 0 Å². The molecule has 0 aliphatic heterocycles. The molecule has 0 N–H and O–H groups in total. The molecular formula is C26H27. The van der Waals surface area contributed by atoms with Gasteiger partial charge in [0, 0.05) is 11.8 Å². The number of hydrogen-bond donors (Lipinski definition) is 0. The summed E-state index contributed by atoms with van der Waals surface area (Å²) < 4.78 is 0. The van der Waals surface area contributed by atoms with Crippen LogP contribution in [0.25, 0.3) is 5.57 Å². The van der Waals surface area contributed by atoms with Crippen molar-refractivity contribution in [2.75, 3.05) is 0 Å². The van der Waals surface area contributed by atoms with Gasteiger partial charge in [0.1, 0.15) is 0 Å². The van der Waals surface area contributed by atoms with Crippen LogP contribution in [-0.2, 0) is 0 Å². The van der Waals surface area contributed by atoms with E-state index in [0.717, 1.165) is 6.42 Å². The van der Waals surface area contributed by atoms with Gasteiger partial charge in [-0.05, 0) is 67.5 Å². The molecule has 0 heterocycles. The van der Waals surface area contributed by atoms with Crippen LogP contribution in [-0.4, -0.2) is 0 Å². The van der Waals surface area contributed by atoms with Crippen LogP contribution in [0.4, 0.5) is 0 Å². The number of rotatable bonds is 3. The van der Waals surface area contributed by atoms with Crippen molar-refractivity contribution in [2.45, 2.75) is 47.0 Å². The molecule has 1 radical (unpaired) electrons. The highest BCUT2D eigenvalue weighted by atomic mass is 14.4. The van der Waals surface area contributed by atoms with Crippen molar-refractivity contribution < 1.29 is 0 Å². The normalized spacial score (nSPS) is 20.4. The van der Waals surface area contributed by atoms with Gasteiger partial charge in [-0.1, -0.05) is 78.2 Å². The predicted molar refractivity (Wildman–Crippen MR) is 112 cm³/mol. The van der Waals surface area contributed by atoms with Crippen LogP contribution in [0.1, 0.15) is 63.6 Å². The van der Waals surface area contributed by atoms with Gasteiger partial charge < -0.3 is 0 Å². The molecule has 1 atom stereocenters. The molecule has 0 bridgehead atoms. The van der Waals surface area contributed by atoms with Crippen molar-refractivity contribution in [1.29, 1.82) is 0 Å². The summed E-state index contributed by atoms with van der Waals surface area (Å²) in [6, 6.07) is 19.9. The molecule has 2 aliphatic rings. The Balaban J connectivity index is 1.97. The smallest absolute Gasteiger partial charge is 0.0373 e. The summed E-state index contributed by atoms with van der Waals surface area (Å²) in [6.07, 6.45) is 1.08. The summed E-state index contributed by atoms with van der Waals surface area (Å²) >= 11 is 0. The zero-order chi connectivity index (χ0) is 18.4. The molecular weight excluding hydrogens is 312 g/mol. The quantitative estimate of drug-likeness (QED) is 0.552. The molecule has 0 amide bonds. The van der Waals surface area contributed by atoms with Crippen molar-refractivity contribution in [3.05, 3.63) is 105 Å². The van der Waals surface area contributed by atoms with E-state index in [1.165, 1.54) is 50.5 Å². The van der Waals surface area contributed by atoms with Crippen molar-refractivity contribution in [3.63, 3.8) is 0 Å². The largest absolute Gasteiger partial charge is 0.0622 e. The summed E-state index contributed by atoms with van der Waals surface area (Å²) in [5.74, 6) is 1.93. The third-order valence-electron chi connectivity index (χ3n) is 6.44. The molecule has 0 aromatic heterocycles. The van der Waals surface area contributed by atoms with Crippen molar-refractivity contribution >= 4 is 5.57 Å². The lowest BCUT2D eigenvalue weighted by Gasteiger charge is -2.26. The van der Waals surface area contributed by atoms with E-state index in [-0.39, 0.29) is 0 Å². The molecule has 0 nitrogen and oxygen atoms in total. The van der Waals surface area contributed by atoms with E-state index in [4.69, 9.17) is 0 Å². The standard InChI is InChI=1S/C26H27/c1-6-21-25(20-12-8-7-9-13-20)22-14-10-11-15-23(22)26(21)24-18(4)16(2)17(3)19(24)5/h7-15,26H,6H2,1-5H3. The Labute approximate surface area is 158 Å². The molecule has 0 saturated carbocycles. The van der Waals surface area contributed by atoms with Crippen LogP contribution in [0.15, 0.2) is 82.5 Å². The highest BCUT2D eigenvalue weighted by Gasteiger charge is 2.40. The molecule has 2 aromatic rings. The van der Waals surface area contributed by atoms with E-state index in [9.17, 15) is 0 Å². The summed E-state index contributed by atoms with van der Waals surface area (Å²) in [4.78, 5) is 0. The fraction of sp³-hybridized carbons (Fsp3) is 0.269. The maximum atomic E-state index is 2.34. The molecule has 0 fully saturated rings. The van der Waals surface area contributed by atoms with E-state index in [1.807, 2.05) is 0 Å². The average Bonchev–Trinajstić information content (AvgIpc) is 3.10. The lowest BCUT2D eigenvalue weighted by atomic mass is 9.76. The summed E-state index contributed by atoms with van der Waals surface area (Å²) in [6.45, 7) is 11.5. The first-order valence-electron chi connectivity index (χ1n) is 9.66. The Bertz CT molecular complexity index is 927. The number of allylic oxidation sites excluding steroid dienone is 5. The lowest BCUT2D eigenvalue weighted by molar-refractivity contribution is 0.814. The summed E-state index contributed by atoms with van der Waals surface area (Å²) in [5, 5.41) is 0. The van der Waals surface area contributed by atoms with Gasteiger partial charge in [-0.15, -0.1) is 0 Å². The van der Waals surface area contributed by atoms with Crippen LogP contribution in [0.2, 0.25) is 0 Å². The number of hydrogen-bond acceptors (Lipinski definition) is 0. The Morgan fingerprint density at radius 3 is 1.88 bits per heavy atom. The van der Waals surface area contributed by atoms with Gasteiger partial charge in [0.05, 0.1) is 0 Å². The third kappa shape index (κ3) is 2.35. The second kappa shape index (κ2) is 6.43. The van der Waals surface area contributed by atoms with Crippen LogP contribution in [0.3, 0.4) is 0 Å². The maximum absolute atomic E-state index is 2.34. The van der Waals surface area contributed by atoms with E-state index in [1.54, 1.807) is 5.57 Å². The molecule has 1 unspecified atom stereocenters. The van der Waals surface area contributed by atoms with Crippen LogP contribution < -0.4 is 0 Å². The van der Waals surface area contributed by atoms with Crippen molar-refractivity contribution in [3.8, 4) is 0 Å². The van der Waals surface area contributed by atoms with Crippen LogP contribution in [0.5, 0.6) is 0 Å². The molecule has 0 heteroatoms. The number of fused-ring (bicyclic) bond motifs is 1. The second-order valence-corrected chi connectivity index (χ2v) is 7.55. The third-order valence-corrected chi connectivity index (χ3v) is 6.44. The zero-order valence-corrected chi connectivity index (χ0v) is 16.5. The van der Waals surface area contributed by atoms with Crippen molar-refractivity contribution in [1.82, 2.24) is 0 Å². The minimum atomic E-state index is 0.388. The Morgan fingerprint density at radius 1 is 0.692 bits per heavy atom. The molecule has 2 aromatic carbocycles. The Kier molecular flexibility index (Phi) is 4.23. The van der Waals surface area contributed by atoms with Gasteiger partial charge in [-0.25, -0.2) is 0 Å². The SMILES string of the molecule is CCC1=C(c2ccccc2)c2ccccc2C1[C]1C(C)=C(C)C(C)=C1C.